The van der Waals surface area contributed by atoms with Gasteiger partial charge in [0.05, 0.1) is 0 Å². The van der Waals surface area contributed by atoms with Crippen LogP contribution in [0.3, 0.4) is 0 Å². The Labute approximate surface area is 123 Å². The van der Waals surface area contributed by atoms with Crippen LogP contribution in [0, 0.1) is 5.92 Å². The lowest BCUT2D eigenvalue weighted by atomic mass is 10.1. The summed E-state index contributed by atoms with van der Waals surface area (Å²) >= 11 is 0. The molecule has 0 spiro atoms. The number of aromatic nitrogens is 2. The third kappa shape index (κ3) is 4.09. The normalized spacial score (nSPS) is 15.8. The summed E-state index contributed by atoms with van der Waals surface area (Å²) in [6.45, 7) is 8.61. The number of nitrogens with one attached hydrogen (secondary N) is 1. The van der Waals surface area contributed by atoms with E-state index in [0.29, 0.717) is 6.04 Å². The molecule has 20 heavy (non-hydrogen) atoms. The lowest BCUT2D eigenvalue weighted by Crippen LogP contribution is -2.35. The summed E-state index contributed by atoms with van der Waals surface area (Å²) in [7, 11) is 0. The van der Waals surface area contributed by atoms with Gasteiger partial charge in [-0.15, -0.1) is 0 Å². The van der Waals surface area contributed by atoms with Crippen molar-refractivity contribution in [3.63, 3.8) is 0 Å². The highest BCUT2D eigenvalue weighted by atomic mass is 15.2. The molecule has 2 rings (SSSR count). The van der Waals surface area contributed by atoms with Crippen LogP contribution in [0.2, 0.25) is 0 Å². The van der Waals surface area contributed by atoms with Gasteiger partial charge in [0.25, 0.3) is 0 Å². The molecule has 0 radical (unpaired) electrons. The Morgan fingerprint density at radius 1 is 1.35 bits per heavy atom. The second kappa shape index (κ2) is 7.46. The summed E-state index contributed by atoms with van der Waals surface area (Å²) in [5.74, 6) is 2.56. The second-order valence-corrected chi connectivity index (χ2v) is 6.08. The van der Waals surface area contributed by atoms with Gasteiger partial charge in [0.1, 0.15) is 5.82 Å². The summed E-state index contributed by atoms with van der Waals surface area (Å²) in [4.78, 5) is 11.5. The molecule has 0 aliphatic heterocycles. The summed E-state index contributed by atoms with van der Waals surface area (Å²) in [5.41, 5.74) is 0. The minimum Gasteiger partial charge on any atom is -0.354 e. The zero-order valence-corrected chi connectivity index (χ0v) is 13.1. The molecule has 0 aromatic carbocycles. The van der Waals surface area contributed by atoms with E-state index in [1.807, 2.05) is 6.20 Å². The van der Waals surface area contributed by atoms with E-state index in [9.17, 15) is 0 Å². The third-order valence-corrected chi connectivity index (χ3v) is 3.98. The van der Waals surface area contributed by atoms with Crippen LogP contribution in [0.5, 0.6) is 0 Å². The monoisotopic (exact) mass is 276 g/mol. The van der Waals surface area contributed by atoms with Crippen molar-refractivity contribution in [1.29, 1.82) is 0 Å². The molecule has 1 saturated carbocycles. The Morgan fingerprint density at radius 2 is 2.10 bits per heavy atom. The molecule has 1 fully saturated rings. The lowest BCUT2D eigenvalue weighted by Gasteiger charge is -2.31. The second-order valence-electron chi connectivity index (χ2n) is 6.08. The predicted octanol–water partition coefficient (Wildman–Crippen LogP) is 3.70. The fourth-order valence-corrected chi connectivity index (χ4v) is 2.85. The Bertz CT molecular complexity index is 399. The highest BCUT2D eigenvalue weighted by Crippen LogP contribution is 2.28. The van der Waals surface area contributed by atoms with E-state index in [0.717, 1.165) is 30.8 Å². The van der Waals surface area contributed by atoms with Gasteiger partial charge in [-0.1, -0.05) is 26.7 Å². The van der Waals surface area contributed by atoms with Gasteiger partial charge in [-0.25, -0.2) is 4.98 Å². The van der Waals surface area contributed by atoms with Crippen LogP contribution in [0.15, 0.2) is 12.3 Å². The van der Waals surface area contributed by atoms with E-state index >= 15 is 0 Å². The van der Waals surface area contributed by atoms with Gasteiger partial charge in [-0.3, -0.25) is 0 Å². The van der Waals surface area contributed by atoms with Gasteiger partial charge in [0.2, 0.25) is 5.95 Å². The predicted molar refractivity (Wildman–Crippen MR) is 85.3 cm³/mol. The van der Waals surface area contributed by atoms with E-state index in [-0.39, 0.29) is 0 Å². The maximum absolute atomic E-state index is 4.69. The van der Waals surface area contributed by atoms with Crippen LogP contribution in [-0.2, 0) is 0 Å². The van der Waals surface area contributed by atoms with Crippen molar-refractivity contribution in [1.82, 2.24) is 9.97 Å². The first-order valence-electron chi connectivity index (χ1n) is 8.04. The van der Waals surface area contributed by atoms with Gasteiger partial charge in [0, 0.05) is 25.3 Å². The number of hydrogen-bond donors (Lipinski definition) is 1. The minimum absolute atomic E-state index is 0.665. The Kier molecular flexibility index (Phi) is 5.62. The average molecular weight is 276 g/mol. The summed E-state index contributed by atoms with van der Waals surface area (Å²) in [6.07, 6.45) is 8.41. The summed E-state index contributed by atoms with van der Waals surface area (Å²) in [6, 6.07) is 2.72. The highest BCUT2D eigenvalue weighted by molar-refractivity contribution is 5.43. The van der Waals surface area contributed by atoms with Gasteiger partial charge in [0.15, 0.2) is 0 Å². The van der Waals surface area contributed by atoms with Crippen molar-refractivity contribution in [2.75, 3.05) is 23.3 Å². The molecule has 1 aromatic rings. The molecule has 1 heterocycles. The molecular formula is C16H28N4. The van der Waals surface area contributed by atoms with Crippen LogP contribution < -0.4 is 10.2 Å². The van der Waals surface area contributed by atoms with E-state index in [1.165, 1.54) is 32.1 Å². The Hall–Kier alpha value is -1.32. The van der Waals surface area contributed by atoms with Crippen molar-refractivity contribution in [2.45, 2.75) is 58.9 Å². The van der Waals surface area contributed by atoms with E-state index in [1.54, 1.807) is 0 Å². The molecule has 0 bridgehead atoms. The van der Waals surface area contributed by atoms with Gasteiger partial charge >= 0.3 is 0 Å². The van der Waals surface area contributed by atoms with Crippen LogP contribution in [0.4, 0.5) is 11.8 Å². The number of nitrogens with zero attached hydrogens (tertiary/aromatic N) is 3. The third-order valence-electron chi connectivity index (χ3n) is 3.98. The molecule has 0 atom stereocenters. The van der Waals surface area contributed by atoms with Gasteiger partial charge < -0.3 is 10.2 Å². The molecule has 1 N–H and O–H groups in total. The van der Waals surface area contributed by atoms with Gasteiger partial charge in [-0.2, -0.15) is 4.98 Å². The maximum Gasteiger partial charge on any atom is 0.224 e. The fourth-order valence-electron chi connectivity index (χ4n) is 2.85. The molecule has 1 aliphatic rings. The zero-order valence-electron chi connectivity index (χ0n) is 13.1. The fraction of sp³-hybridized carbons (Fsp3) is 0.750. The number of anilines is 2. The van der Waals surface area contributed by atoms with E-state index < -0.39 is 0 Å². The highest BCUT2D eigenvalue weighted by Gasteiger charge is 2.24. The summed E-state index contributed by atoms with van der Waals surface area (Å²) < 4.78 is 0. The van der Waals surface area contributed by atoms with Crippen LogP contribution in [-0.4, -0.2) is 29.1 Å². The quantitative estimate of drug-likeness (QED) is 0.824. The van der Waals surface area contributed by atoms with E-state index in [4.69, 9.17) is 0 Å². The molecule has 0 saturated heterocycles. The number of rotatable bonds is 7. The smallest absolute Gasteiger partial charge is 0.224 e. The molecule has 4 nitrogen and oxygen atoms in total. The topological polar surface area (TPSA) is 41.1 Å². The molecule has 1 aromatic heterocycles. The van der Waals surface area contributed by atoms with Crippen molar-refractivity contribution < 1.29 is 0 Å². The van der Waals surface area contributed by atoms with Crippen LogP contribution >= 0.6 is 0 Å². The summed E-state index contributed by atoms with van der Waals surface area (Å²) in [5, 5.41) is 3.21. The first kappa shape index (κ1) is 15.1. The Balaban J connectivity index is 2.13. The van der Waals surface area contributed by atoms with Crippen molar-refractivity contribution >= 4 is 11.8 Å². The maximum atomic E-state index is 4.69. The number of hydrogen-bond acceptors (Lipinski definition) is 4. The van der Waals surface area contributed by atoms with Crippen LogP contribution in [0.1, 0.15) is 52.9 Å². The van der Waals surface area contributed by atoms with Crippen LogP contribution in [0.25, 0.3) is 0 Å². The lowest BCUT2D eigenvalue weighted by molar-refractivity contribution is 0.525. The van der Waals surface area contributed by atoms with E-state index in [2.05, 4.69) is 47.0 Å². The SMILES string of the molecule is CCNc1nccc(N(CCC(C)C)C2CCCC2)n1. The molecule has 1 aliphatic carbocycles. The van der Waals surface area contributed by atoms with Crippen molar-refractivity contribution in [3.05, 3.63) is 12.3 Å². The molecule has 112 valence electrons. The molecule has 0 unspecified atom stereocenters. The van der Waals surface area contributed by atoms with Gasteiger partial charge in [-0.05, 0) is 38.2 Å². The molecule has 0 amide bonds. The van der Waals surface area contributed by atoms with Crippen molar-refractivity contribution in [3.8, 4) is 0 Å². The first-order valence-corrected chi connectivity index (χ1v) is 8.04. The minimum atomic E-state index is 0.665. The molecular weight excluding hydrogens is 248 g/mol. The first-order chi connectivity index (χ1) is 9.70. The van der Waals surface area contributed by atoms with Crippen molar-refractivity contribution in [2.24, 2.45) is 5.92 Å². The largest absolute Gasteiger partial charge is 0.354 e. The average Bonchev–Trinajstić information content (AvgIpc) is 2.93. The Morgan fingerprint density at radius 3 is 2.75 bits per heavy atom. The zero-order chi connectivity index (χ0) is 14.4. The molecule has 4 heteroatoms. The standard InChI is InChI=1S/C16H28N4/c1-4-17-16-18-11-9-15(19-16)20(12-10-13(2)3)14-7-5-6-8-14/h9,11,13-14H,4-8,10,12H2,1-3H3,(H,17,18,19).